The Kier molecular flexibility index (Phi) is 6.82. The van der Waals surface area contributed by atoms with E-state index in [2.05, 4.69) is 17.2 Å². The number of esters is 1. The molecule has 1 unspecified atom stereocenters. The first kappa shape index (κ1) is 20.7. The van der Waals surface area contributed by atoms with Crippen LogP contribution in [0.1, 0.15) is 63.2 Å². The highest BCUT2D eigenvalue weighted by Crippen LogP contribution is 2.19. The van der Waals surface area contributed by atoms with E-state index in [1.807, 2.05) is 0 Å². The molecule has 27 heavy (non-hydrogen) atoms. The van der Waals surface area contributed by atoms with E-state index in [1.54, 1.807) is 39.1 Å². The summed E-state index contributed by atoms with van der Waals surface area (Å²) in [6.45, 7) is 5.83. The van der Waals surface area contributed by atoms with Gasteiger partial charge in [-0.05, 0) is 38.5 Å². The lowest BCUT2D eigenvalue weighted by Gasteiger charge is -2.28. The SMILES string of the molecule is CCCCCCC(C)(NC(=O)c1ccc2c(c1)[nH]c(=O)n2C)C(=O)OCC. The van der Waals surface area contributed by atoms with Crippen LogP contribution < -0.4 is 11.0 Å². The van der Waals surface area contributed by atoms with E-state index in [4.69, 9.17) is 4.74 Å². The molecule has 0 aliphatic rings. The highest BCUT2D eigenvalue weighted by atomic mass is 16.5. The quantitative estimate of drug-likeness (QED) is 0.521. The van der Waals surface area contributed by atoms with Crippen LogP contribution in [0.3, 0.4) is 0 Å². The monoisotopic (exact) mass is 375 g/mol. The summed E-state index contributed by atoms with van der Waals surface area (Å²) in [4.78, 5) is 39.7. The number of carbonyl (C=O) groups is 2. The topological polar surface area (TPSA) is 93.2 Å². The lowest BCUT2D eigenvalue weighted by atomic mass is 9.93. The summed E-state index contributed by atoms with van der Waals surface area (Å²) in [5, 5.41) is 2.85. The number of aromatic nitrogens is 2. The normalized spacial score (nSPS) is 13.3. The lowest BCUT2D eigenvalue weighted by molar-refractivity contribution is -0.150. The van der Waals surface area contributed by atoms with Crippen LogP contribution in [-0.2, 0) is 16.6 Å². The zero-order chi connectivity index (χ0) is 20.0. The second-order valence-corrected chi connectivity index (χ2v) is 7.04. The molecule has 1 aromatic carbocycles. The van der Waals surface area contributed by atoms with E-state index in [0.29, 0.717) is 23.0 Å². The van der Waals surface area contributed by atoms with E-state index in [9.17, 15) is 14.4 Å². The molecule has 148 valence electrons. The summed E-state index contributed by atoms with van der Waals surface area (Å²) in [7, 11) is 1.66. The van der Waals surface area contributed by atoms with Gasteiger partial charge in [0.05, 0.1) is 17.6 Å². The van der Waals surface area contributed by atoms with Crippen LogP contribution in [0, 0.1) is 0 Å². The van der Waals surface area contributed by atoms with Crippen LogP contribution >= 0.6 is 0 Å². The number of rotatable bonds is 9. The Morgan fingerprint density at radius 2 is 1.96 bits per heavy atom. The molecule has 7 heteroatoms. The largest absolute Gasteiger partial charge is 0.464 e. The van der Waals surface area contributed by atoms with Gasteiger partial charge in [0, 0.05) is 12.6 Å². The fourth-order valence-electron chi connectivity index (χ4n) is 3.11. The maximum absolute atomic E-state index is 12.8. The number of hydrogen-bond acceptors (Lipinski definition) is 4. The van der Waals surface area contributed by atoms with Crippen LogP contribution in [0.2, 0.25) is 0 Å². The molecule has 0 spiro atoms. The predicted octanol–water partition coefficient (Wildman–Crippen LogP) is 2.89. The van der Waals surface area contributed by atoms with Crippen LogP contribution in [0.25, 0.3) is 11.0 Å². The number of fused-ring (bicyclic) bond motifs is 1. The molecule has 0 saturated carbocycles. The van der Waals surface area contributed by atoms with Crippen molar-refractivity contribution in [3.63, 3.8) is 0 Å². The summed E-state index contributed by atoms with van der Waals surface area (Å²) in [6, 6.07) is 4.98. The van der Waals surface area contributed by atoms with Gasteiger partial charge in [-0.15, -0.1) is 0 Å². The van der Waals surface area contributed by atoms with Gasteiger partial charge >= 0.3 is 11.7 Å². The van der Waals surface area contributed by atoms with Crippen molar-refractivity contribution in [1.82, 2.24) is 14.9 Å². The van der Waals surface area contributed by atoms with Gasteiger partial charge in [-0.1, -0.05) is 32.6 Å². The van der Waals surface area contributed by atoms with Crippen LogP contribution in [0.5, 0.6) is 0 Å². The first-order valence-corrected chi connectivity index (χ1v) is 9.51. The van der Waals surface area contributed by atoms with Crippen molar-refractivity contribution >= 4 is 22.9 Å². The number of H-pyrrole nitrogens is 1. The molecule has 1 atom stereocenters. The Morgan fingerprint density at radius 1 is 1.22 bits per heavy atom. The number of imidazole rings is 1. The van der Waals surface area contributed by atoms with Gasteiger partial charge in [-0.25, -0.2) is 9.59 Å². The first-order valence-electron chi connectivity index (χ1n) is 9.51. The Bertz CT molecular complexity index is 868. The minimum Gasteiger partial charge on any atom is -0.464 e. The predicted molar refractivity (Wildman–Crippen MR) is 105 cm³/mol. The number of aromatic amines is 1. The van der Waals surface area contributed by atoms with Gasteiger partial charge < -0.3 is 15.0 Å². The van der Waals surface area contributed by atoms with Crippen molar-refractivity contribution in [3.8, 4) is 0 Å². The van der Waals surface area contributed by atoms with E-state index >= 15 is 0 Å². The Labute approximate surface area is 159 Å². The van der Waals surface area contributed by atoms with Gasteiger partial charge in [0.15, 0.2) is 0 Å². The number of aryl methyl sites for hydroxylation is 1. The first-order chi connectivity index (χ1) is 12.8. The highest BCUT2D eigenvalue weighted by molar-refractivity contribution is 6.00. The summed E-state index contributed by atoms with van der Waals surface area (Å²) < 4.78 is 6.67. The average Bonchev–Trinajstić information content (AvgIpc) is 2.92. The minimum absolute atomic E-state index is 0.241. The molecule has 0 fully saturated rings. The average molecular weight is 375 g/mol. The molecular weight excluding hydrogens is 346 g/mol. The second-order valence-electron chi connectivity index (χ2n) is 7.04. The number of unbranched alkanes of at least 4 members (excludes halogenated alkanes) is 3. The van der Waals surface area contributed by atoms with E-state index < -0.39 is 11.5 Å². The van der Waals surface area contributed by atoms with Crippen molar-refractivity contribution in [2.24, 2.45) is 7.05 Å². The van der Waals surface area contributed by atoms with Crippen LogP contribution in [0.15, 0.2) is 23.0 Å². The van der Waals surface area contributed by atoms with Gasteiger partial charge in [0.25, 0.3) is 5.91 Å². The summed E-state index contributed by atoms with van der Waals surface area (Å²) in [5.41, 5.74) is 0.350. The Hall–Kier alpha value is -2.57. The number of nitrogens with zero attached hydrogens (tertiary/aromatic N) is 1. The highest BCUT2D eigenvalue weighted by Gasteiger charge is 2.36. The second kappa shape index (κ2) is 8.88. The molecule has 0 bridgehead atoms. The van der Waals surface area contributed by atoms with Crippen molar-refractivity contribution < 1.29 is 14.3 Å². The molecule has 0 aliphatic carbocycles. The molecule has 1 aromatic heterocycles. The summed E-state index contributed by atoms with van der Waals surface area (Å²) in [6.07, 6.45) is 4.53. The molecule has 0 aliphatic heterocycles. The molecule has 1 amide bonds. The standard InChI is InChI=1S/C20H29N3O4/c1-5-7-8-9-12-20(3,18(25)27-6-2)22-17(24)14-10-11-16-15(13-14)21-19(26)23(16)4/h10-11,13H,5-9,12H2,1-4H3,(H,21,26)(H,22,24). The third-order valence-electron chi connectivity index (χ3n) is 4.81. The maximum atomic E-state index is 12.8. The fraction of sp³-hybridized carbons (Fsp3) is 0.550. The van der Waals surface area contributed by atoms with Gasteiger partial charge in [-0.2, -0.15) is 0 Å². The number of amides is 1. The van der Waals surface area contributed by atoms with E-state index in [-0.39, 0.29) is 18.2 Å². The van der Waals surface area contributed by atoms with Crippen molar-refractivity contribution in [3.05, 3.63) is 34.2 Å². The number of ether oxygens (including phenoxy) is 1. The molecule has 2 N–H and O–H groups in total. The summed E-state index contributed by atoms with van der Waals surface area (Å²) >= 11 is 0. The van der Waals surface area contributed by atoms with Crippen molar-refractivity contribution in [2.45, 2.75) is 58.4 Å². The Balaban J connectivity index is 2.21. The lowest BCUT2D eigenvalue weighted by Crippen LogP contribution is -2.53. The zero-order valence-corrected chi connectivity index (χ0v) is 16.6. The smallest absolute Gasteiger partial charge is 0.331 e. The Morgan fingerprint density at radius 3 is 2.63 bits per heavy atom. The minimum atomic E-state index is -1.08. The fourth-order valence-corrected chi connectivity index (χ4v) is 3.11. The zero-order valence-electron chi connectivity index (χ0n) is 16.6. The molecule has 2 rings (SSSR count). The molecule has 1 heterocycles. The van der Waals surface area contributed by atoms with Gasteiger partial charge in [0.2, 0.25) is 0 Å². The number of hydrogen-bond donors (Lipinski definition) is 2. The third kappa shape index (κ3) is 4.78. The molecule has 7 nitrogen and oxygen atoms in total. The summed E-state index contributed by atoms with van der Waals surface area (Å²) in [5.74, 6) is -0.795. The molecular formula is C20H29N3O4. The third-order valence-corrected chi connectivity index (χ3v) is 4.81. The maximum Gasteiger partial charge on any atom is 0.331 e. The molecule has 0 radical (unpaired) electrons. The van der Waals surface area contributed by atoms with Gasteiger partial charge in [-0.3, -0.25) is 9.36 Å². The van der Waals surface area contributed by atoms with E-state index in [0.717, 1.165) is 25.7 Å². The number of carbonyl (C=O) groups excluding carboxylic acids is 2. The van der Waals surface area contributed by atoms with Crippen molar-refractivity contribution in [2.75, 3.05) is 6.61 Å². The molecule has 0 saturated heterocycles. The van der Waals surface area contributed by atoms with Crippen LogP contribution in [-0.4, -0.2) is 33.6 Å². The van der Waals surface area contributed by atoms with Gasteiger partial charge in [0.1, 0.15) is 5.54 Å². The number of nitrogens with one attached hydrogen (secondary N) is 2. The van der Waals surface area contributed by atoms with Crippen LogP contribution in [0.4, 0.5) is 0 Å². The van der Waals surface area contributed by atoms with Crippen molar-refractivity contribution in [1.29, 1.82) is 0 Å². The molecule has 2 aromatic rings. The number of benzene rings is 1. The van der Waals surface area contributed by atoms with E-state index in [1.165, 1.54) is 4.57 Å².